The number of nitrogens with zero attached hydrogens (tertiary/aromatic N) is 2. The van der Waals surface area contributed by atoms with E-state index >= 15 is 0 Å². The molecule has 104 valence electrons. The molecule has 0 saturated heterocycles. The van der Waals surface area contributed by atoms with Crippen LogP contribution in [0.1, 0.15) is 42.1 Å². The van der Waals surface area contributed by atoms with Gasteiger partial charge in [0.05, 0.1) is 0 Å². The summed E-state index contributed by atoms with van der Waals surface area (Å²) in [5.74, 6) is 0.848. The zero-order valence-electron chi connectivity index (χ0n) is 12.2. The predicted molar refractivity (Wildman–Crippen MR) is 81.6 cm³/mol. The number of hydrogen-bond acceptors (Lipinski definition) is 3. The van der Waals surface area contributed by atoms with Crippen molar-refractivity contribution < 1.29 is 0 Å². The Hall–Kier alpha value is -1.74. The molecular weight excluding hydrogens is 246 g/mol. The maximum absolute atomic E-state index is 4.82. The van der Waals surface area contributed by atoms with Crippen molar-refractivity contribution in [1.29, 1.82) is 0 Å². The lowest BCUT2D eigenvalue weighted by Gasteiger charge is -2.16. The summed E-state index contributed by atoms with van der Waals surface area (Å²) >= 11 is 0. The van der Waals surface area contributed by atoms with Gasteiger partial charge in [-0.05, 0) is 33.2 Å². The van der Waals surface area contributed by atoms with Crippen LogP contribution in [-0.2, 0) is 6.42 Å². The van der Waals surface area contributed by atoms with Gasteiger partial charge in [0.15, 0.2) is 5.82 Å². The first-order valence-corrected chi connectivity index (χ1v) is 7.38. The second kappa shape index (κ2) is 5.71. The molecule has 0 radical (unpaired) electrons. The van der Waals surface area contributed by atoms with Crippen molar-refractivity contribution >= 4 is 0 Å². The van der Waals surface area contributed by atoms with E-state index in [4.69, 9.17) is 4.98 Å². The van der Waals surface area contributed by atoms with Gasteiger partial charge in [-0.25, -0.2) is 9.97 Å². The Bertz CT molecular complexity index is 590. The van der Waals surface area contributed by atoms with Crippen molar-refractivity contribution in [3.8, 4) is 11.4 Å². The van der Waals surface area contributed by atoms with Crippen molar-refractivity contribution in [3.63, 3.8) is 0 Å². The van der Waals surface area contributed by atoms with Gasteiger partial charge in [0, 0.05) is 29.1 Å². The summed E-state index contributed by atoms with van der Waals surface area (Å²) in [6.45, 7) is 2.10. The fourth-order valence-corrected chi connectivity index (χ4v) is 2.86. The fraction of sp³-hybridized carbons (Fsp3) is 0.412. The maximum Gasteiger partial charge on any atom is 0.159 e. The molecule has 1 unspecified atom stereocenters. The number of aromatic nitrogens is 2. The van der Waals surface area contributed by atoms with Crippen LogP contribution in [0.2, 0.25) is 0 Å². The molecule has 1 atom stereocenters. The van der Waals surface area contributed by atoms with E-state index in [1.165, 1.54) is 36.1 Å². The lowest BCUT2D eigenvalue weighted by molar-refractivity contribution is 0.532. The Morgan fingerprint density at radius 1 is 1.15 bits per heavy atom. The molecule has 20 heavy (non-hydrogen) atoms. The molecule has 1 aromatic heterocycles. The number of nitrogens with one attached hydrogen (secondary N) is 1. The number of benzene rings is 1. The Labute approximate surface area is 120 Å². The molecule has 0 spiro atoms. The van der Waals surface area contributed by atoms with Crippen LogP contribution in [0.15, 0.2) is 30.5 Å². The molecule has 3 nitrogen and oxygen atoms in total. The van der Waals surface area contributed by atoms with Crippen molar-refractivity contribution in [2.24, 2.45) is 0 Å². The summed E-state index contributed by atoms with van der Waals surface area (Å²) in [5, 5.41) is 3.39. The van der Waals surface area contributed by atoms with Crippen LogP contribution in [-0.4, -0.2) is 17.0 Å². The smallest absolute Gasteiger partial charge is 0.159 e. The van der Waals surface area contributed by atoms with Crippen LogP contribution in [0.25, 0.3) is 11.4 Å². The summed E-state index contributed by atoms with van der Waals surface area (Å²) in [6.07, 6.45) is 6.73. The van der Waals surface area contributed by atoms with Crippen molar-refractivity contribution in [3.05, 3.63) is 47.3 Å². The minimum Gasteiger partial charge on any atom is -0.313 e. The van der Waals surface area contributed by atoms with E-state index in [1.807, 2.05) is 13.2 Å². The van der Waals surface area contributed by atoms with Crippen LogP contribution in [0.5, 0.6) is 0 Å². The predicted octanol–water partition coefficient (Wildman–Crippen LogP) is 3.44. The Morgan fingerprint density at radius 2 is 1.95 bits per heavy atom. The van der Waals surface area contributed by atoms with Gasteiger partial charge >= 0.3 is 0 Å². The highest BCUT2D eigenvalue weighted by atomic mass is 14.9. The van der Waals surface area contributed by atoms with Crippen molar-refractivity contribution in [2.45, 2.75) is 38.6 Å². The second-order valence-electron chi connectivity index (χ2n) is 5.55. The minimum absolute atomic E-state index is 0.402. The third-order valence-corrected chi connectivity index (χ3v) is 4.09. The van der Waals surface area contributed by atoms with Crippen molar-refractivity contribution in [2.75, 3.05) is 7.05 Å². The van der Waals surface area contributed by atoms with Gasteiger partial charge in [-0.2, -0.15) is 0 Å². The lowest BCUT2D eigenvalue weighted by atomic mass is 10.0. The number of aryl methyl sites for hydroxylation is 2. The zero-order chi connectivity index (χ0) is 13.9. The molecule has 0 amide bonds. The standard InChI is InChI=1S/C17H21N3/c1-12-7-9-13(10-8-12)17-19-11-14-15(18-2)5-3-4-6-16(14)20-17/h7-11,15,18H,3-6H2,1-2H3. The maximum atomic E-state index is 4.82. The van der Waals surface area contributed by atoms with Gasteiger partial charge in [-0.3, -0.25) is 0 Å². The van der Waals surface area contributed by atoms with Gasteiger partial charge < -0.3 is 5.32 Å². The van der Waals surface area contributed by atoms with Gasteiger partial charge in [-0.1, -0.05) is 36.2 Å². The van der Waals surface area contributed by atoms with E-state index in [-0.39, 0.29) is 0 Å². The van der Waals surface area contributed by atoms with Gasteiger partial charge in [0.25, 0.3) is 0 Å². The molecule has 3 rings (SSSR count). The van der Waals surface area contributed by atoms with Crippen LogP contribution in [0, 0.1) is 6.92 Å². The molecule has 2 aromatic rings. The summed E-state index contributed by atoms with van der Waals surface area (Å²) in [6, 6.07) is 8.83. The number of rotatable bonds is 2. The van der Waals surface area contributed by atoms with Gasteiger partial charge in [0.2, 0.25) is 0 Å². The Balaban J connectivity index is 1.99. The topological polar surface area (TPSA) is 37.8 Å². The highest BCUT2D eigenvalue weighted by molar-refractivity contribution is 5.55. The molecule has 3 heteroatoms. The molecule has 0 aliphatic heterocycles. The monoisotopic (exact) mass is 267 g/mol. The molecule has 1 aromatic carbocycles. The number of hydrogen-bond donors (Lipinski definition) is 1. The van der Waals surface area contributed by atoms with E-state index in [2.05, 4.69) is 41.5 Å². The SMILES string of the molecule is CNC1CCCCc2nc(-c3ccc(C)cc3)ncc21. The van der Waals surface area contributed by atoms with Crippen molar-refractivity contribution in [1.82, 2.24) is 15.3 Å². The van der Waals surface area contributed by atoms with E-state index < -0.39 is 0 Å². The molecule has 0 bridgehead atoms. The highest BCUT2D eigenvalue weighted by Gasteiger charge is 2.19. The molecule has 1 aliphatic carbocycles. The molecular formula is C17H21N3. The first kappa shape index (κ1) is 13.3. The van der Waals surface area contributed by atoms with E-state index in [1.54, 1.807) is 0 Å². The molecule has 1 heterocycles. The van der Waals surface area contributed by atoms with Crippen LogP contribution < -0.4 is 5.32 Å². The van der Waals surface area contributed by atoms with Gasteiger partial charge in [-0.15, -0.1) is 0 Å². The lowest BCUT2D eigenvalue weighted by Crippen LogP contribution is -2.17. The second-order valence-corrected chi connectivity index (χ2v) is 5.55. The number of fused-ring (bicyclic) bond motifs is 1. The quantitative estimate of drug-likeness (QED) is 0.847. The zero-order valence-corrected chi connectivity index (χ0v) is 12.2. The highest BCUT2D eigenvalue weighted by Crippen LogP contribution is 2.28. The summed E-state index contributed by atoms with van der Waals surface area (Å²) < 4.78 is 0. The molecule has 0 saturated carbocycles. The average Bonchev–Trinajstić information content (AvgIpc) is 2.69. The summed E-state index contributed by atoms with van der Waals surface area (Å²) in [7, 11) is 2.02. The van der Waals surface area contributed by atoms with E-state index in [9.17, 15) is 0 Å². The molecule has 1 N–H and O–H groups in total. The molecule has 0 fully saturated rings. The van der Waals surface area contributed by atoms with Crippen LogP contribution >= 0.6 is 0 Å². The average molecular weight is 267 g/mol. The first-order chi connectivity index (χ1) is 9.78. The van der Waals surface area contributed by atoms with E-state index in [0.29, 0.717) is 6.04 Å². The van der Waals surface area contributed by atoms with Gasteiger partial charge in [0.1, 0.15) is 0 Å². The van der Waals surface area contributed by atoms with Crippen LogP contribution in [0.3, 0.4) is 0 Å². The minimum atomic E-state index is 0.402. The first-order valence-electron chi connectivity index (χ1n) is 7.38. The fourth-order valence-electron chi connectivity index (χ4n) is 2.86. The summed E-state index contributed by atoms with van der Waals surface area (Å²) in [4.78, 5) is 9.40. The normalized spacial score (nSPS) is 18.4. The Morgan fingerprint density at radius 3 is 2.70 bits per heavy atom. The third kappa shape index (κ3) is 2.59. The Kier molecular flexibility index (Phi) is 3.79. The largest absolute Gasteiger partial charge is 0.313 e. The van der Waals surface area contributed by atoms with Crippen LogP contribution in [0.4, 0.5) is 0 Å². The third-order valence-electron chi connectivity index (χ3n) is 4.09. The molecule has 1 aliphatic rings. The van der Waals surface area contributed by atoms with E-state index in [0.717, 1.165) is 17.8 Å². The summed E-state index contributed by atoms with van der Waals surface area (Å²) in [5.41, 5.74) is 4.86.